The molecule has 1 saturated heterocycles. The minimum Gasteiger partial charge on any atom is -0.371 e. The van der Waals surface area contributed by atoms with Crippen molar-refractivity contribution >= 4 is 30.5 Å². The highest BCUT2D eigenvalue weighted by Gasteiger charge is 2.33. The largest absolute Gasteiger partial charge is 0.371 e. The normalized spacial score (nSPS) is 17.6. The minimum absolute atomic E-state index is 0. The first-order valence-electron chi connectivity index (χ1n) is 5.52. The number of rotatable bonds is 2. The molecule has 0 atom stereocenters. The zero-order valence-corrected chi connectivity index (χ0v) is 11.6. The van der Waals surface area contributed by atoms with Crippen LogP contribution in [0.5, 0.6) is 0 Å². The van der Waals surface area contributed by atoms with Crippen LogP contribution in [0.25, 0.3) is 0 Å². The van der Waals surface area contributed by atoms with Crippen LogP contribution in [0.3, 0.4) is 0 Å². The number of hydrogen-bond acceptors (Lipinski definition) is 2. The molecule has 1 aromatic rings. The Balaban J connectivity index is 0.00000144. The van der Waals surface area contributed by atoms with Gasteiger partial charge >= 0.3 is 0 Å². The Bertz CT molecular complexity index is 348. The van der Waals surface area contributed by atoms with Gasteiger partial charge in [0.2, 0.25) is 0 Å². The molecule has 104 valence electrons. The van der Waals surface area contributed by atoms with E-state index in [1.165, 1.54) is 0 Å². The van der Waals surface area contributed by atoms with Gasteiger partial charge in [0.25, 0.3) is 5.92 Å². The summed E-state index contributed by atoms with van der Waals surface area (Å²) in [6.07, 6.45) is -0.0999. The Labute approximate surface area is 118 Å². The molecule has 0 bridgehead atoms. The summed E-state index contributed by atoms with van der Waals surface area (Å²) in [6.45, 7) is 1.36. The van der Waals surface area contributed by atoms with E-state index in [0.717, 1.165) is 11.3 Å². The third-order valence-corrected chi connectivity index (χ3v) is 3.03. The second-order valence-electron chi connectivity index (χ2n) is 4.21. The van der Waals surface area contributed by atoms with Gasteiger partial charge in [0.05, 0.1) is 0 Å². The maximum absolute atomic E-state index is 13.0. The van der Waals surface area contributed by atoms with Crippen molar-refractivity contribution in [2.24, 2.45) is 5.73 Å². The van der Waals surface area contributed by atoms with Crippen LogP contribution >= 0.6 is 24.8 Å². The molecular formula is C12H18Cl2F2N2. The number of piperidine rings is 1. The molecular weight excluding hydrogens is 281 g/mol. The zero-order valence-electron chi connectivity index (χ0n) is 9.94. The van der Waals surface area contributed by atoms with E-state index in [9.17, 15) is 8.78 Å². The fraction of sp³-hybridized carbons (Fsp3) is 0.500. The van der Waals surface area contributed by atoms with Crippen molar-refractivity contribution in [2.75, 3.05) is 18.0 Å². The van der Waals surface area contributed by atoms with E-state index in [-0.39, 0.29) is 37.7 Å². The Hall–Kier alpha value is -0.580. The summed E-state index contributed by atoms with van der Waals surface area (Å²) in [5.41, 5.74) is 7.57. The van der Waals surface area contributed by atoms with Crippen LogP contribution in [0.2, 0.25) is 0 Å². The predicted molar refractivity (Wildman–Crippen MR) is 75.2 cm³/mol. The van der Waals surface area contributed by atoms with Crippen molar-refractivity contribution in [1.29, 1.82) is 0 Å². The van der Waals surface area contributed by atoms with Gasteiger partial charge in [0.1, 0.15) is 0 Å². The van der Waals surface area contributed by atoms with E-state index in [1.54, 1.807) is 0 Å². The summed E-state index contributed by atoms with van der Waals surface area (Å²) in [6, 6.07) is 7.79. The van der Waals surface area contributed by atoms with Gasteiger partial charge in [-0.1, -0.05) is 12.1 Å². The highest BCUT2D eigenvalue weighted by molar-refractivity contribution is 5.85. The quantitative estimate of drug-likeness (QED) is 0.908. The Morgan fingerprint density at radius 2 is 1.56 bits per heavy atom. The molecule has 1 fully saturated rings. The monoisotopic (exact) mass is 298 g/mol. The van der Waals surface area contributed by atoms with Crippen molar-refractivity contribution in [1.82, 2.24) is 0 Å². The molecule has 1 aliphatic heterocycles. The third kappa shape index (κ3) is 4.26. The van der Waals surface area contributed by atoms with Crippen LogP contribution in [0, 0.1) is 0 Å². The molecule has 1 aliphatic rings. The summed E-state index contributed by atoms with van der Waals surface area (Å²) in [7, 11) is 0. The lowest BCUT2D eigenvalue weighted by atomic mass is 10.1. The molecule has 0 amide bonds. The van der Waals surface area contributed by atoms with Gasteiger partial charge in [0, 0.05) is 38.2 Å². The number of anilines is 1. The summed E-state index contributed by atoms with van der Waals surface area (Å²) in [5.74, 6) is -2.48. The first-order chi connectivity index (χ1) is 7.61. The Morgan fingerprint density at radius 1 is 1.06 bits per heavy atom. The number of halogens is 4. The summed E-state index contributed by atoms with van der Waals surface area (Å²) >= 11 is 0. The van der Waals surface area contributed by atoms with Gasteiger partial charge in [-0.3, -0.25) is 0 Å². The SMILES string of the molecule is Cl.Cl.NCc1ccc(N2CCC(F)(F)CC2)cc1. The van der Waals surface area contributed by atoms with E-state index in [4.69, 9.17) is 5.73 Å². The highest BCUT2D eigenvalue weighted by Crippen LogP contribution is 2.30. The molecule has 0 aliphatic carbocycles. The van der Waals surface area contributed by atoms with Crippen molar-refractivity contribution < 1.29 is 8.78 Å². The second-order valence-corrected chi connectivity index (χ2v) is 4.21. The van der Waals surface area contributed by atoms with Crippen molar-refractivity contribution in [2.45, 2.75) is 25.3 Å². The smallest absolute Gasteiger partial charge is 0.251 e. The Kier molecular flexibility index (Phi) is 6.89. The number of alkyl halides is 2. The molecule has 0 saturated carbocycles. The lowest BCUT2D eigenvalue weighted by Crippen LogP contribution is -2.39. The molecule has 18 heavy (non-hydrogen) atoms. The predicted octanol–water partition coefficient (Wildman–Crippen LogP) is 3.22. The standard InChI is InChI=1S/C12H16F2N2.2ClH/c13-12(14)5-7-16(8-6-12)11-3-1-10(9-15)2-4-11;;/h1-4H,5-9,15H2;2*1H. The average Bonchev–Trinajstić information content (AvgIpc) is 2.29. The lowest BCUT2D eigenvalue weighted by molar-refractivity contribution is -0.0220. The average molecular weight is 299 g/mol. The molecule has 1 heterocycles. The van der Waals surface area contributed by atoms with Crippen molar-refractivity contribution in [3.63, 3.8) is 0 Å². The van der Waals surface area contributed by atoms with Gasteiger partial charge < -0.3 is 10.6 Å². The van der Waals surface area contributed by atoms with Crippen molar-refractivity contribution in [3.05, 3.63) is 29.8 Å². The van der Waals surface area contributed by atoms with E-state index < -0.39 is 5.92 Å². The van der Waals surface area contributed by atoms with E-state index >= 15 is 0 Å². The van der Waals surface area contributed by atoms with Crippen LogP contribution in [0.4, 0.5) is 14.5 Å². The van der Waals surface area contributed by atoms with Gasteiger partial charge in [0.15, 0.2) is 0 Å². The van der Waals surface area contributed by atoms with Gasteiger partial charge in [-0.05, 0) is 17.7 Å². The topological polar surface area (TPSA) is 29.3 Å². The zero-order chi connectivity index (χ0) is 11.6. The number of benzene rings is 1. The fourth-order valence-corrected chi connectivity index (χ4v) is 1.93. The number of nitrogens with zero attached hydrogens (tertiary/aromatic N) is 1. The summed E-state index contributed by atoms with van der Waals surface area (Å²) in [4.78, 5) is 2.00. The molecule has 6 heteroatoms. The van der Waals surface area contributed by atoms with Crippen LogP contribution in [0.15, 0.2) is 24.3 Å². The second kappa shape index (κ2) is 7.12. The molecule has 2 rings (SSSR count). The molecule has 1 aromatic carbocycles. The third-order valence-electron chi connectivity index (χ3n) is 3.03. The molecule has 0 radical (unpaired) electrons. The Morgan fingerprint density at radius 3 is 2.00 bits per heavy atom. The molecule has 2 nitrogen and oxygen atoms in total. The van der Waals surface area contributed by atoms with Gasteiger partial charge in [-0.15, -0.1) is 24.8 Å². The highest BCUT2D eigenvalue weighted by atomic mass is 35.5. The number of hydrogen-bond donors (Lipinski definition) is 1. The molecule has 2 N–H and O–H groups in total. The molecule has 0 aromatic heterocycles. The maximum Gasteiger partial charge on any atom is 0.251 e. The fourth-order valence-electron chi connectivity index (χ4n) is 1.93. The van der Waals surface area contributed by atoms with Crippen molar-refractivity contribution in [3.8, 4) is 0 Å². The van der Waals surface area contributed by atoms with E-state index in [0.29, 0.717) is 19.6 Å². The molecule has 0 spiro atoms. The first-order valence-corrected chi connectivity index (χ1v) is 5.52. The van der Waals surface area contributed by atoms with E-state index in [2.05, 4.69) is 0 Å². The van der Waals surface area contributed by atoms with Crippen LogP contribution in [-0.2, 0) is 6.54 Å². The van der Waals surface area contributed by atoms with Gasteiger partial charge in [-0.2, -0.15) is 0 Å². The first kappa shape index (κ1) is 17.4. The van der Waals surface area contributed by atoms with E-state index in [1.807, 2.05) is 29.2 Å². The van der Waals surface area contributed by atoms with Crippen LogP contribution in [-0.4, -0.2) is 19.0 Å². The minimum atomic E-state index is -2.48. The van der Waals surface area contributed by atoms with Gasteiger partial charge in [-0.25, -0.2) is 8.78 Å². The number of nitrogens with two attached hydrogens (primary N) is 1. The van der Waals surface area contributed by atoms with Crippen LogP contribution < -0.4 is 10.6 Å². The molecule has 0 unspecified atom stereocenters. The maximum atomic E-state index is 13.0. The summed E-state index contributed by atoms with van der Waals surface area (Å²) in [5, 5.41) is 0. The summed E-state index contributed by atoms with van der Waals surface area (Å²) < 4.78 is 25.9. The van der Waals surface area contributed by atoms with Crippen LogP contribution in [0.1, 0.15) is 18.4 Å². The lowest BCUT2D eigenvalue weighted by Gasteiger charge is -2.33.